The van der Waals surface area contributed by atoms with Gasteiger partial charge in [-0.15, -0.1) is 0 Å². The third-order valence-electron chi connectivity index (χ3n) is 1.82. The zero-order valence-corrected chi connectivity index (χ0v) is 9.34. The Morgan fingerprint density at radius 2 is 2.38 bits per heavy atom. The summed E-state index contributed by atoms with van der Waals surface area (Å²) in [6.45, 7) is 0. The highest BCUT2D eigenvalue weighted by Crippen LogP contribution is 2.30. The van der Waals surface area contributed by atoms with Crippen LogP contribution in [-0.4, -0.2) is 16.1 Å². The van der Waals surface area contributed by atoms with Gasteiger partial charge in [0, 0.05) is 22.3 Å². The molecule has 13 heavy (non-hydrogen) atoms. The van der Waals surface area contributed by atoms with E-state index in [4.69, 9.17) is 4.74 Å². The Labute approximate surface area is 89.4 Å². The van der Waals surface area contributed by atoms with Gasteiger partial charge in [-0.05, 0) is 22.0 Å². The molecule has 0 unspecified atom stereocenters. The SMILES string of the molecule is COc1ncc(Br)c2ccn(S)c12. The lowest BCUT2D eigenvalue weighted by atomic mass is 10.3. The molecule has 0 aliphatic rings. The Morgan fingerprint density at radius 1 is 1.62 bits per heavy atom. The molecular weight excluding hydrogens is 252 g/mol. The predicted molar refractivity (Wildman–Crippen MR) is 58.4 cm³/mol. The summed E-state index contributed by atoms with van der Waals surface area (Å²) in [7, 11) is 1.59. The number of hydrogen-bond donors (Lipinski definition) is 1. The number of nitrogens with zero attached hydrogens (tertiary/aromatic N) is 2. The Hall–Kier alpha value is -0.680. The summed E-state index contributed by atoms with van der Waals surface area (Å²) in [5.74, 6) is 0.582. The highest BCUT2D eigenvalue weighted by Gasteiger charge is 2.09. The van der Waals surface area contributed by atoms with Crippen LogP contribution in [-0.2, 0) is 0 Å². The fraction of sp³-hybridized carbons (Fsp3) is 0.125. The molecule has 0 amide bonds. The van der Waals surface area contributed by atoms with Gasteiger partial charge in [0.05, 0.1) is 7.11 Å². The van der Waals surface area contributed by atoms with Gasteiger partial charge in [-0.1, -0.05) is 12.8 Å². The lowest BCUT2D eigenvalue weighted by Crippen LogP contribution is -1.90. The number of halogens is 1. The monoisotopic (exact) mass is 258 g/mol. The Bertz CT molecular complexity index is 455. The summed E-state index contributed by atoms with van der Waals surface area (Å²) in [5, 5.41) is 1.04. The molecule has 0 spiro atoms. The number of ether oxygens (including phenoxy) is 1. The number of methoxy groups -OCH3 is 1. The Morgan fingerprint density at radius 3 is 3.08 bits per heavy atom. The van der Waals surface area contributed by atoms with Crippen LogP contribution in [0.1, 0.15) is 0 Å². The lowest BCUT2D eigenvalue weighted by Gasteiger charge is -2.03. The predicted octanol–water partition coefficient (Wildman–Crippen LogP) is 2.50. The number of thiol groups is 1. The van der Waals surface area contributed by atoms with Crippen LogP contribution in [0.5, 0.6) is 5.88 Å². The van der Waals surface area contributed by atoms with E-state index in [1.54, 1.807) is 17.3 Å². The summed E-state index contributed by atoms with van der Waals surface area (Å²) >= 11 is 7.66. The number of hydrogen-bond acceptors (Lipinski definition) is 3. The molecule has 0 aliphatic heterocycles. The second-order valence-corrected chi connectivity index (χ2v) is 3.82. The summed E-state index contributed by atoms with van der Waals surface area (Å²) < 4.78 is 7.75. The second-order valence-electron chi connectivity index (χ2n) is 2.54. The maximum atomic E-state index is 5.12. The van der Waals surface area contributed by atoms with Crippen LogP contribution in [0.3, 0.4) is 0 Å². The van der Waals surface area contributed by atoms with Crippen molar-refractivity contribution >= 4 is 39.6 Å². The Balaban J connectivity index is 2.88. The average Bonchev–Trinajstić information content (AvgIpc) is 2.51. The molecule has 2 aromatic heterocycles. The molecule has 2 rings (SSSR count). The van der Waals surface area contributed by atoms with Gasteiger partial charge in [-0.25, -0.2) is 4.98 Å². The van der Waals surface area contributed by atoms with Crippen LogP contribution < -0.4 is 4.74 Å². The minimum atomic E-state index is 0.582. The first kappa shape index (κ1) is 8.90. The van der Waals surface area contributed by atoms with Crippen molar-refractivity contribution < 1.29 is 4.74 Å². The zero-order valence-electron chi connectivity index (χ0n) is 6.86. The van der Waals surface area contributed by atoms with Gasteiger partial charge in [0.2, 0.25) is 5.88 Å². The molecule has 0 fully saturated rings. The van der Waals surface area contributed by atoms with Crippen molar-refractivity contribution in [1.29, 1.82) is 0 Å². The van der Waals surface area contributed by atoms with Gasteiger partial charge in [-0.3, -0.25) is 3.97 Å². The maximum Gasteiger partial charge on any atom is 0.239 e. The fourth-order valence-electron chi connectivity index (χ4n) is 1.22. The molecule has 0 N–H and O–H groups in total. The van der Waals surface area contributed by atoms with Crippen LogP contribution in [0.2, 0.25) is 0 Å². The molecular formula is C8H7BrN2OS. The second kappa shape index (κ2) is 3.23. The first-order valence-corrected chi connectivity index (χ1v) is 4.82. The van der Waals surface area contributed by atoms with Gasteiger partial charge in [0.25, 0.3) is 0 Å². The van der Waals surface area contributed by atoms with Crippen LogP contribution in [0.15, 0.2) is 22.9 Å². The smallest absolute Gasteiger partial charge is 0.239 e. The van der Waals surface area contributed by atoms with Gasteiger partial charge >= 0.3 is 0 Å². The molecule has 2 aromatic rings. The van der Waals surface area contributed by atoms with E-state index in [2.05, 4.69) is 33.7 Å². The lowest BCUT2D eigenvalue weighted by molar-refractivity contribution is 0.402. The van der Waals surface area contributed by atoms with Gasteiger partial charge < -0.3 is 4.74 Å². The van der Waals surface area contributed by atoms with E-state index in [0.29, 0.717) is 5.88 Å². The minimum absolute atomic E-state index is 0.582. The minimum Gasteiger partial charge on any atom is -0.479 e. The quantitative estimate of drug-likeness (QED) is 0.796. The van der Waals surface area contributed by atoms with Crippen LogP contribution in [0, 0.1) is 0 Å². The number of rotatable bonds is 1. The van der Waals surface area contributed by atoms with Crippen LogP contribution >= 0.6 is 28.7 Å². The summed E-state index contributed by atoms with van der Waals surface area (Å²) in [4.78, 5) is 4.12. The van der Waals surface area contributed by atoms with Crippen molar-refractivity contribution in [2.45, 2.75) is 0 Å². The molecule has 0 saturated carbocycles. The average molecular weight is 259 g/mol. The highest BCUT2D eigenvalue weighted by atomic mass is 79.9. The van der Waals surface area contributed by atoms with E-state index in [1.807, 2.05) is 12.3 Å². The van der Waals surface area contributed by atoms with E-state index in [-0.39, 0.29) is 0 Å². The van der Waals surface area contributed by atoms with Crippen molar-refractivity contribution in [2.75, 3.05) is 7.11 Å². The summed E-state index contributed by atoms with van der Waals surface area (Å²) in [5.41, 5.74) is 0.875. The van der Waals surface area contributed by atoms with E-state index in [1.165, 1.54) is 0 Å². The van der Waals surface area contributed by atoms with Crippen molar-refractivity contribution in [3.63, 3.8) is 0 Å². The third kappa shape index (κ3) is 1.32. The van der Waals surface area contributed by atoms with Crippen LogP contribution in [0.25, 0.3) is 10.9 Å². The van der Waals surface area contributed by atoms with Crippen molar-refractivity contribution in [3.8, 4) is 5.88 Å². The van der Waals surface area contributed by atoms with Crippen molar-refractivity contribution in [3.05, 3.63) is 22.9 Å². The van der Waals surface area contributed by atoms with Gasteiger partial charge in [-0.2, -0.15) is 0 Å². The third-order valence-corrected chi connectivity index (χ3v) is 2.78. The molecule has 0 saturated heterocycles. The Kier molecular flexibility index (Phi) is 2.21. The molecule has 0 radical (unpaired) electrons. The number of pyridine rings is 1. The molecule has 2 heterocycles. The molecule has 0 atom stereocenters. The van der Waals surface area contributed by atoms with Crippen molar-refractivity contribution in [1.82, 2.24) is 8.96 Å². The van der Waals surface area contributed by atoms with Gasteiger partial charge in [0.15, 0.2) is 0 Å². The van der Waals surface area contributed by atoms with Gasteiger partial charge in [0.1, 0.15) is 5.52 Å². The largest absolute Gasteiger partial charge is 0.479 e. The van der Waals surface area contributed by atoms with E-state index in [9.17, 15) is 0 Å². The molecule has 5 heteroatoms. The number of fused-ring (bicyclic) bond motifs is 1. The maximum absolute atomic E-state index is 5.12. The summed E-state index contributed by atoms with van der Waals surface area (Å²) in [6.07, 6.45) is 3.57. The van der Waals surface area contributed by atoms with Crippen molar-refractivity contribution in [2.24, 2.45) is 0 Å². The topological polar surface area (TPSA) is 27.1 Å². The molecule has 68 valence electrons. The van der Waals surface area contributed by atoms with E-state index >= 15 is 0 Å². The first-order valence-electron chi connectivity index (χ1n) is 3.63. The molecule has 0 aromatic carbocycles. The standard InChI is InChI=1S/C8H7BrN2OS/c1-12-8-7-5(2-3-11(7)13)6(9)4-10-8/h2-4,13H,1H3. The molecule has 3 nitrogen and oxygen atoms in total. The highest BCUT2D eigenvalue weighted by molar-refractivity contribution is 9.10. The molecule has 0 bridgehead atoms. The van der Waals surface area contributed by atoms with E-state index < -0.39 is 0 Å². The normalized spacial score (nSPS) is 10.7. The summed E-state index contributed by atoms with van der Waals surface area (Å²) in [6, 6.07) is 1.95. The van der Waals surface area contributed by atoms with E-state index in [0.717, 1.165) is 15.4 Å². The van der Waals surface area contributed by atoms with Crippen LogP contribution in [0.4, 0.5) is 0 Å². The first-order chi connectivity index (χ1) is 6.24. The molecule has 0 aliphatic carbocycles. The fourth-order valence-corrected chi connectivity index (χ4v) is 1.91. The zero-order chi connectivity index (χ0) is 9.42. The number of aromatic nitrogens is 2.